The molecule has 154 valence electrons. The highest BCUT2D eigenvalue weighted by atomic mass is 16.2. The molecule has 2 saturated heterocycles. The summed E-state index contributed by atoms with van der Waals surface area (Å²) in [6.45, 7) is 3.86. The second-order valence-corrected chi connectivity index (χ2v) is 8.56. The van der Waals surface area contributed by atoms with Gasteiger partial charge in [-0.2, -0.15) is 0 Å². The number of nitrogens with one attached hydrogen (secondary N) is 2. The summed E-state index contributed by atoms with van der Waals surface area (Å²) >= 11 is 0. The first kappa shape index (κ1) is 19.0. The van der Waals surface area contributed by atoms with Gasteiger partial charge in [0.1, 0.15) is 5.54 Å². The lowest BCUT2D eigenvalue weighted by Gasteiger charge is -2.31. The Morgan fingerprint density at radius 2 is 1.70 bits per heavy atom. The van der Waals surface area contributed by atoms with E-state index in [1.807, 2.05) is 68.4 Å². The quantitative estimate of drug-likeness (QED) is 0.769. The molecule has 2 aromatic rings. The summed E-state index contributed by atoms with van der Waals surface area (Å²) in [6, 6.07) is 16.9. The Kier molecular flexibility index (Phi) is 4.29. The third-order valence-electron chi connectivity index (χ3n) is 6.99. The predicted molar refractivity (Wildman–Crippen MR) is 112 cm³/mol. The van der Waals surface area contributed by atoms with Gasteiger partial charge in [-0.25, -0.2) is 0 Å². The van der Waals surface area contributed by atoms with Crippen LogP contribution in [0.2, 0.25) is 0 Å². The van der Waals surface area contributed by atoms with Crippen LogP contribution in [0.1, 0.15) is 31.4 Å². The smallest absolute Gasteiger partial charge is 0.250 e. The number of fused-ring (bicyclic) bond motifs is 4. The van der Waals surface area contributed by atoms with Gasteiger partial charge in [-0.1, -0.05) is 55.5 Å². The molecule has 2 N–H and O–H groups in total. The van der Waals surface area contributed by atoms with Crippen LogP contribution in [0.25, 0.3) is 0 Å². The summed E-state index contributed by atoms with van der Waals surface area (Å²) in [7, 11) is 0. The number of anilines is 1. The van der Waals surface area contributed by atoms with Crippen molar-refractivity contribution in [2.24, 2.45) is 11.8 Å². The molecule has 0 radical (unpaired) electrons. The molecule has 0 aliphatic carbocycles. The Bertz CT molecular complexity index is 1040. The van der Waals surface area contributed by atoms with Crippen LogP contribution in [0.5, 0.6) is 0 Å². The first-order chi connectivity index (χ1) is 14.5. The van der Waals surface area contributed by atoms with Gasteiger partial charge >= 0.3 is 0 Å². The van der Waals surface area contributed by atoms with E-state index in [1.54, 1.807) is 0 Å². The second-order valence-electron chi connectivity index (χ2n) is 8.56. The van der Waals surface area contributed by atoms with Crippen molar-refractivity contribution in [2.75, 3.05) is 5.32 Å². The van der Waals surface area contributed by atoms with Gasteiger partial charge in [0.05, 0.1) is 11.8 Å². The van der Waals surface area contributed by atoms with Crippen LogP contribution < -0.4 is 10.6 Å². The molecular weight excluding hydrogens is 378 g/mol. The first-order valence-corrected chi connectivity index (χ1v) is 10.6. The largest absolute Gasteiger partial charge is 0.324 e. The van der Waals surface area contributed by atoms with Crippen molar-refractivity contribution in [2.45, 2.75) is 44.3 Å². The second kappa shape index (κ2) is 6.77. The zero-order valence-corrected chi connectivity index (χ0v) is 17.1. The minimum Gasteiger partial charge on any atom is -0.324 e. The maximum atomic E-state index is 13.6. The number of carbonyl (C=O) groups is 3. The number of hydrogen-bond acceptors (Lipinski definition) is 4. The van der Waals surface area contributed by atoms with Gasteiger partial charge in [-0.3, -0.25) is 24.6 Å². The molecule has 0 unspecified atom stereocenters. The summed E-state index contributed by atoms with van der Waals surface area (Å²) in [5.41, 5.74) is 1.32. The van der Waals surface area contributed by atoms with E-state index in [2.05, 4.69) is 10.6 Å². The van der Waals surface area contributed by atoms with Crippen LogP contribution in [0.4, 0.5) is 5.69 Å². The van der Waals surface area contributed by atoms with E-state index in [4.69, 9.17) is 0 Å². The Morgan fingerprint density at radius 1 is 1.00 bits per heavy atom. The van der Waals surface area contributed by atoms with Gasteiger partial charge < -0.3 is 5.32 Å². The van der Waals surface area contributed by atoms with Gasteiger partial charge in [0.25, 0.3) is 0 Å². The number of para-hydroxylation sites is 1. The van der Waals surface area contributed by atoms with E-state index in [0.717, 1.165) is 11.1 Å². The fraction of sp³-hybridized carbons (Fsp3) is 0.375. The fourth-order valence-corrected chi connectivity index (χ4v) is 5.44. The number of benzene rings is 2. The van der Waals surface area contributed by atoms with Crippen molar-refractivity contribution in [1.82, 2.24) is 10.2 Å². The van der Waals surface area contributed by atoms with Crippen LogP contribution in [-0.4, -0.2) is 34.7 Å². The van der Waals surface area contributed by atoms with Crippen molar-refractivity contribution in [1.29, 1.82) is 0 Å². The maximum Gasteiger partial charge on any atom is 0.250 e. The highest BCUT2D eigenvalue weighted by Gasteiger charge is 2.70. The normalized spacial score (nSPS) is 30.5. The monoisotopic (exact) mass is 403 g/mol. The zero-order valence-electron chi connectivity index (χ0n) is 17.1. The molecule has 0 bridgehead atoms. The van der Waals surface area contributed by atoms with Gasteiger partial charge in [0.2, 0.25) is 17.7 Å². The van der Waals surface area contributed by atoms with Crippen molar-refractivity contribution < 1.29 is 14.4 Å². The maximum absolute atomic E-state index is 13.6. The standard InChI is InChI=1S/C24H25N3O3/c1-3-14(2)27-21(28)19-18(13-15-9-5-4-6-10-15)26-24(20(19)22(27)29)16-11-7-8-12-17(16)25-23(24)30/h4-12,14,18-20,26H,3,13H2,1-2H3,(H,25,30)/t14-,18+,19+,20-,24+/m0/s1. The molecular formula is C24H25N3O3. The van der Waals surface area contributed by atoms with Crippen LogP contribution in [-0.2, 0) is 26.3 Å². The molecule has 5 atom stereocenters. The molecule has 0 aromatic heterocycles. The molecule has 0 saturated carbocycles. The number of likely N-dealkylation sites (tertiary alicyclic amines) is 1. The summed E-state index contributed by atoms with van der Waals surface area (Å²) in [5, 5.41) is 6.42. The van der Waals surface area contributed by atoms with Crippen LogP contribution in [0, 0.1) is 11.8 Å². The highest BCUT2D eigenvalue weighted by Crippen LogP contribution is 2.53. The third kappa shape index (κ3) is 2.43. The zero-order chi connectivity index (χ0) is 21.0. The van der Waals surface area contributed by atoms with Crippen LogP contribution in [0.15, 0.2) is 54.6 Å². The van der Waals surface area contributed by atoms with E-state index in [1.165, 1.54) is 4.90 Å². The van der Waals surface area contributed by atoms with Crippen molar-refractivity contribution in [3.63, 3.8) is 0 Å². The molecule has 1 spiro atoms. The Hall–Kier alpha value is -2.99. The van der Waals surface area contributed by atoms with E-state index in [0.29, 0.717) is 18.5 Å². The van der Waals surface area contributed by atoms with E-state index < -0.39 is 17.4 Å². The van der Waals surface area contributed by atoms with E-state index in [-0.39, 0.29) is 29.8 Å². The van der Waals surface area contributed by atoms with Crippen LogP contribution in [0.3, 0.4) is 0 Å². The molecule has 2 aromatic carbocycles. The highest BCUT2D eigenvalue weighted by molar-refractivity contribution is 6.15. The van der Waals surface area contributed by atoms with Gasteiger partial charge in [-0.15, -0.1) is 0 Å². The SMILES string of the molecule is CC[C@H](C)N1C(=O)[C@H]2[C@@H](C1=O)[C@@]1(N[C@@H]2Cc2ccccc2)C(=O)Nc2ccccc21. The average molecular weight is 403 g/mol. The van der Waals surface area contributed by atoms with E-state index in [9.17, 15) is 14.4 Å². The number of amides is 3. The predicted octanol–water partition coefficient (Wildman–Crippen LogP) is 2.45. The Morgan fingerprint density at radius 3 is 2.43 bits per heavy atom. The van der Waals surface area contributed by atoms with E-state index >= 15 is 0 Å². The topological polar surface area (TPSA) is 78.5 Å². The van der Waals surface area contributed by atoms with Gasteiger partial charge in [0, 0.05) is 23.3 Å². The third-order valence-corrected chi connectivity index (χ3v) is 6.99. The lowest BCUT2D eigenvalue weighted by molar-refractivity contribution is -0.145. The van der Waals surface area contributed by atoms with Crippen molar-refractivity contribution in [3.05, 3.63) is 65.7 Å². The summed E-state index contributed by atoms with van der Waals surface area (Å²) in [6.07, 6.45) is 1.26. The van der Waals surface area contributed by atoms with Gasteiger partial charge in [0.15, 0.2) is 0 Å². The first-order valence-electron chi connectivity index (χ1n) is 10.6. The Balaban J connectivity index is 1.64. The van der Waals surface area contributed by atoms with Crippen molar-refractivity contribution >= 4 is 23.4 Å². The molecule has 3 heterocycles. The number of carbonyl (C=O) groups excluding carboxylic acids is 3. The minimum atomic E-state index is -1.21. The number of rotatable bonds is 4. The lowest BCUT2D eigenvalue weighted by Crippen LogP contribution is -2.54. The van der Waals surface area contributed by atoms with Crippen LogP contribution >= 0.6 is 0 Å². The molecule has 30 heavy (non-hydrogen) atoms. The number of nitrogens with zero attached hydrogens (tertiary/aromatic N) is 1. The summed E-state index contributed by atoms with van der Waals surface area (Å²) in [4.78, 5) is 41.8. The van der Waals surface area contributed by atoms with Crippen molar-refractivity contribution in [3.8, 4) is 0 Å². The van der Waals surface area contributed by atoms with Gasteiger partial charge in [-0.05, 0) is 31.4 Å². The molecule has 5 rings (SSSR count). The molecule has 3 aliphatic heterocycles. The molecule has 6 nitrogen and oxygen atoms in total. The fourth-order valence-electron chi connectivity index (χ4n) is 5.44. The lowest BCUT2D eigenvalue weighted by atomic mass is 9.76. The summed E-state index contributed by atoms with van der Waals surface area (Å²) in [5.74, 6) is -1.96. The molecule has 3 amide bonds. The molecule has 2 fully saturated rings. The minimum absolute atomic E-state index is 0.165. The summed E-state index contributed by atoms with van der Waals surface area (Å²) < 4.78 is 0. The Labute approximate surface area is 175 Å². The molecule has 3 aliphatic rings. The number of hydrogen-bond donors (Lipinski definition) is 2. The average Bonchev–Trinajstić information content (AvgIpc) is 3.33. The molecule has 6 heteroatoms. The number of imide groups is 1.